The predicted molar refractivity (Wildman–Crippen MR) is 128 cm³/mol. The zero-order chi connectivity index (χ0) is 23.5. The summed E-state index contributed by atoms with van der Waals surface area (Å²) in [5, 5.41) is 13.9. The number of anilines is 1. The van der Waals surface area contributed by atoms with E-state index in [0.717, 1.165) is 22.9 Å². The maximum atomic E-state index is 11.8. The van der Waals surface area contributed by atoms with Crippen LogP contribution in [0.25, 0.3) is 0 Å². The van der Waals surface area contributed by atoms with Crippen molar-refractivity contribution in [3.05, 3.63) is 98.4 Å². The third kappa shape index (κ3) is 5.77. The summed E-state index contributed by atoms with van der Waals surface area (Å²) in [6.45, 7) is 1.95. The van der Waals surface area contributed by atoms with E-state index in [1.165, 1.54) is 10.6 Å². The van der Waals surface area contributed by atoms with Crippen LogP contribution >= 0.6 is 11.6 Å². The fourth-order valence-corrected chi connectivity index (χ4v) is 4.40. The maximum Gasteiger partial charge on any atom is 0.250 e. The van der Waals surface area contributed by atoms with Gasteiger partial charge in [0.2, 0.25) is 15.6 Å². The quantitative estimate of drug-likeness (QED) is 0.306. The molecular formula is C23H24ClN3O4S. The molecule has 1 aromatic heterocycles. The highest BCUT2D eigenvalue weighted by atomic mass is 35.5. The van der Waals surface area contributed by atoms with Crippen LogP contribution in [0.1, 0.15) is 34.6 Å². The van der Waals surface area contributed by atoms with Gasteiger partial charge in [0.05, 0.1) is 12.0 Å². The van der Waals surface area contributed by atoms with E-state index in [4.69, 9.17) is 11.6 Å². The number of halogens is 1. The first kappa shape index (κ1) is 23.6. The fraction of sp³-hybridized carbons (Fsp3) is 0.217. The highest BCUT2D eigenvalue weighted by molar-refractivity contribution is 7.92. The second-order valence-electron chi connectivity index (χ2n) is 7.67. The first-order chi connectivity index (χ1) is 15.1. The van der Waals surface area contributed by atoms with Gasteiger partial charge in [-0.15, -0.1) is 0 Å². The van der Waals surface area contributed by atoms with E-state index in [2.05, 4.69) is 9.88 Å². The van der Waals surface area contributed by atoms with Crippen LogP contribution in [0.4, 0.5) is 5.69 Å². The zero-order valence-electron chi connectivity index (χ0n) is 17.9. The molecule has 2 N–H and O–H groups in total. The van der Waals surface area contributed by atoms with E-state index >= 15 is 0 Å². The maximum absolute atomic E-state index is 11.8. The molecule has 0 radical (unpaired) electrons. The highest BCUT2D eigenvalue weighted by Gasteiger charge is 2.21. The molecule has 32 heavy (non-hydrogen) atoms. The minimum atomic E-state index is -3.39. The Morgan fingerprint density at radius 3 is 2.41 bits per heavy atom. The minimum Gasteiger partial charge on any atom is -0.411 e. The van der Waals surface area contributed by atoms with Crippen molar-refractivity contribution in [2.75, 3.05) is 11.0 Å². The number of hydrogen-bond donors (Lipinski definition) is 2. The van der Waals surface area contributed by atoms with Gasteiger partial charge in [0.15, 0.2) is 0 Å². The average molecular weight is 474 g/mol. The Kier molecular flexibility index (Phi) is 7.06. The molecule has 0 amide bonds. The van der Waals surface area contributed by atoms with Crippen LogP contribution in [-0.2, 0) is 17.1 Å². The van der Waals surface area contributed by atoms with E-state index in [-0.39, 0.29) is 11.5 Å². The van der Waals surface area contributed by atoms with Crippen LogP contribution in [0.3, 0.4) is 0 Å². The van der Waals surface area contributed by atoms with E-state index in [9.17, 15) is 18.4 Å². The van der Waals surface area contributed by atoms with Gasteiger partial charge in [-0.25, -0.2) is 8.42 Å². The number of hydrogen-bond acceptors (Lipinski definition) is 5. The van der Waals surface area contributed by atoms with Gasteiger partial charge >= 0.3 is 0 Å². The molecule has 3 rings (SSSR count). The highest BCUT2D eigenvalue weighted by Crippen LogP contribution is 2.33. The molecule has 0 fully saturated rings. The topological polar surface area (TPSA) is 101 Å². The molecule has 3 aromatic rings. The Hall–Kier alpha value is -3.10. The molecule has 0 aliphatic carbocycles. The first-order valence-electron chi connectivity index (χ1n) is 9.79. The molecule has 1 heterocycles. The van der Waals surface area contributed by atoms with Crippen LogP contribution in [-0.4, -0.2) is 30.2 Å². The average Bonchev–Trinajstić information content (AvgIpc) is 2.71. The Labute approximate surface area is 192 Å². The molecule has 1 unspecified atom stereocenters. The number of pyridine rings is 1. The van der Waals surface area contributed by atoms with Crippen molar-refractivity contribution in [1.29, 1.82) is 0 Å². The number of aryl methyl sites for hydroxylation is 2. The Morgan fingerprint density at radius 2 is 1.84 bits per heavy atom. The molecule has 168 valence electrons. The number of nitrogens with one attached hydrogen (secondary N) is 1. The number of sulfonamides is 1. The summed E-state index contributed by atoms with van der Waals surface area (Å²) in [7, 11) is -1.75. The second kappa shape index (κ2) is 9.58. The molecule has 0 aliphatic heterocycles. The Bertz CT molecular complexity index is 1320. The van der Waals surface area contributed by atoms with Gasteiger partial charge in [0, 0.05) is 47.9 Å². The molecule has 0 saturated carbocycles. The predicted octanol–water partition coefficient (Wildman–Crippen LogP) is 4.12. The third-order valence-electron chi connectivity index (χ3n) is 5.16. The van der Waals surface area contributed by atoms with Crippen LogP contribution < -0.4 is 10.3 Å². The normalized spacial score (nSPS) is 13.1. The number of benzene rings is 2. The summed E-state index contributed by atoms with van der Waals surface area (Å²) >= 11 is 6.15. The lowest BCUT2D eigenvalue weighted by Gasteiger charge is -2.21. The lowest BCUT2D eigenvalue weighted by molar-refractivity contribution is 0.317. The van der Waals surface area contributed by atoms with Gasteiger partial charge in [-0.1, -0.05) is 35.0 Å². The smallest absolute Gasteiger partial charge is 0.250 e. The summed E-state index contributed by atoms with van der Waals surface area (Å²) in [4.78, 5) is 11.8. The zero-order valence-corrected chi connectivity index (χ0v) is 19.5. The second-order valence-corrected chi connectivity index (χ2v) is 9.85. The van der Waals surface area contributed by atoms with E-state index in [0.29, 0.717) is 28.4 Å². The first-order valence-corrected chi connectivity index (χ1v) is 12.1. The van der Waals surface area contributed by atoms with Crippen LogP contribution in [0.5, 0.6) is 0 Å². The van der Waals surface area contributed by atoms with Crippen molar-refractivity contribution < 1.29 is 13.6 Å². The van der Waals surface area contributed by atoms with Crippen LogP contribution in [0.2, 0.25) is 5.02 Å². The summed E-state index contributed by atoms with van der Waals surface area (Å²) in [5.74, 6) is -0.206. The summed E-state index contributed by atoms with van der Waals surface area (Å²) < 4.78 is 26.9. The van der Waals surface area contributed by atoms with Gasteiger partial charge < -0.3 is 9.77 Å². The standard InChI is InChI=1S/C23H24ClN3O4S/c1-15-12-18(24)7-10-20(15)21(16-4-8-19(9-5-16)26-32(3,30)31)13-22(25-29)17-6-11-23(28)27(2)14-17/h4-12,14,21,26,29H,13H2,1-3H3. The molecule has 7 nitrogen and oxygen atoms in total. The van der Waals surface area contributed by atoms with Crippen molar-refractivity contribution in [2.45, 2.75) is 19.3 Å². The van der Waals surface area contributed by atoms with Gasteiger partial charge in [0.25, 0.3) is 0 Å². The minimum absolute atomic E-state index is 0.162. The van der Waals surface area contributed by atoms with Crippen LogP contribution in [0.15, 0.2) is 70.7 Å². The molecule has 2 aromatic carbocycles. The van der Waals surface area contributed by atoms with Gasteiger partial charge in [-0.05, 0) is 53.9 Å². The summed E-state index contributed by atoms with van der Waals surface area (Å²) in [5.41, 5.74) is 4.20. The number of oxime groups is 1. The molecule has 0 bridgehead atoms. The Balaban J connectivity index is 2.04. The lowest BCUT2D eigenvalue weighted by atomic mass is 9.83. The number of nitrogens with zero attached hydrogens (tertiary/aromatic N) is 2. The van der Waals surface area contributed by atoms with Gasteiger partial charge in [-0.2, -0.15) is 0 Å². The van der Waals surface area contributed by atoms with Crippen LogP contribution in [0, 0.1) is 6.92 Å². The SMILES string of the molecule is Cc1cc(Cl)ccc1C(CC(=NO)c1ccc(=O)n(C)c1)c1ccc(NS(C)(=O)=O)cc1. The molecule has 0 saturated heterocycles. The molecule has 0 spiro atoms. The monoisotopic (exact) mass is 473 g/mol. The molecule has 9 heteroatoms. The molecular weight excluding hydrogens is 450 g/mol. The lowest BCUT2D eigenvalue weighted by Crippen LogP contribution is -2.18. The van der Waals surface area contributed by atoms with Crippen molar-refractivity contribution in [3.8, 4) is 0 Å². The van der Waals surface area contributed by atoms with Crippen molar-refractivity contribution >= 4 is 33.0 Å². The van der Waals surface area contributed by atoms with Crippen molar-refractivity contribution in [3.63, 3.8) is 0 Å². The van der Waals surface area contributed by atoms with E-state index < -0.39 is 10.0 Å². The number of rotatable bonds is 7. The van der Waals surface area contributed by atoms with E-state index in [1.54, 1.807) is 37.5 Å². The van der Waals surface area contributed by atoms with E-state index in [1.807, 2.05) is 31.2 Å². The van der Waals surface area contributed by atoms with Gasteiger partial charge in [0.1, 0.15) is 0 Å². The van der Waals surface area contributed by atoms with Gasteiger partial charge in [-0.3, -0.25) is 9.52 Å². The Morgan fingerprint density at radius 1 is 1.16 bits per heavy atom. The third-order valence-corrected chi connectivity index (χ3v) is 6.00. The number of aromatic nitrogens is 1. The largest absolute Gasteiger partial charge is 0.411 e. The van der Waals surface area contributed by atoms with Crippen molar-refractivity contribution in [2.24, 2.45) is 12.2 Å². The molecule has 1 atom stereocenters. The summed E-state index contributed by atoms with van der Waals surface area (Å²) in [6, 6.07) is 15.7. The fourth-order valence-electron chi connectivity index (χ4n) is 3.61. The summed E-state index contributed by atoms with van der Waals surface area (Å²) in [6.07, 6.45) is 3.07. The van der Waals surface area contributed by atoms with Crippen molar-refractivity contribution in [1.82, 2.24) is 4.57 Å². The molecule has 0 aliphatic rings.